The molecule has 0 spiro atoms. The molecule has 1 atom stereocenters. The maximum Gasteiger partial charge on any atom is 0.246 e. The second-order valence-electron chi connectivity index (χ2n) is 4.53. The fraction of sp³-hybridized carbons (Fsp3) is 0.615. The predicted molar refractivity (Wildman–Crippen MR) is 68.5 cm³/mol. The number of rotatable bonds is 5. The molecule has 0 radical (unpaired) electrons. The van der Waals surface area contributed by atoms with Crippen LogP contribution in [0.15, 0.2) is 12.3 Å². The molecule has 2 rings (SSSR count). The minimum absolute atomic E-state index is 0.0639. The van der Waals surface area contributed by atoms with Crippen LogP contribution in [-0.2, 0) is 20.8 Å². The van der Waals surface area contributed by atoms with Gasteiger partial charge in [0.15, 0.2) is 0 Å². The third-order valence-electron chi connectivity index (χ3n) is 3.00. The van der Waals surface area contributed by atoms with E-state index in [0.29, 0.717) is 13.2 Å². The lowest BCUT2D eigenvalue weighted by molar-refractivity contribution is -0.124. The monoisotopic (exact) mass is 265 g/mol. The van der Waals surface area contributed by atoms with Gasteiger partial charge in [-0.15, -0.1) is 0 Å². The Bertz CT molecular complexity index is 419. The van der Waals surface area contributed by atoms with Gasteiger partial charge < -0.3 is 14.8 Å². The zero-order chi connectivity index (χ0) is 13.5. The molecule has 1 fully saturated rings. The quantitative estimate of drug-likeness (QED) is 0.845. The van der Waals surface area contributed by atoms with Crippen LogP contribution in [0.4, 0.5) is 0 Å². The van der Waals surface area contributed by atoms with E-state index in [4.69, 9.17) is 9.47 Å². The first-order valence-corrected chi connectivity index (χ1v) is 6.45. The normalized spacial score (nSPS) is 19.1. The molecule has 1 aliphatic rings. The van der Waals surface area contributed by atoms with E-state index < -0.39 is 0 Å². The van der Waals surface area contributed by atoms with E-state index in [9.17, 15) is 4.79 Å². The lowest BCUT2D eigenvalue weighted by atomic mass is 10.0. The summed E-state index contributed by atoms with van der Waals surface area (Å²) in [7, 11) is 1.49. The number of ether oxygens (including phenoxy) is 2. The van der Waals surface area contributed by atoms with Gasteiger partial charge in [0.2, 0.25) is 5.91 Å². The maximum absolute atomic E-state index is 11.3. The number of amides is 1. The molecule has 1 N–H and O–H groups in total. The molecule has 1 saturated heterocycles. The zero-order valence-corrected chi connectivity index (χ0v) is 11.1. The fourth-order valence-electron chi connectivity index (χ4n) is 2.02. The third-order valence-corrected chi connectivity index (χ3v) is 3.00. The summed E-state index contributed by atoms with van der Waals surface area (Å²) in [6.07, 6.45) is 3.83. The molecule has 0 unspecified atom stereocenters. The van der Waals surface area contributed by atoms with Crippen molar-refractivity contribution in [2.45, 2.75) is 25.3 Å². The zero-order valence-electron chi connectivity index (χ0n) is 11.1. The standard InChI is InChI=1S/C13H19N3O3/c1-18-9-12(17)15-7-11-4-5-14-13(16-11)10-3-2-6-19-8-10/h4-5,10H,2-3,6-9H2,1H3,(H,15,17)/t10-/m1/s1. The number of nitrogens with one attached hydrogen (secondary N) is 1. The Morgan fingerprint density at radius 1 is 1.63 bits per heavy atom. The van der Waals surface area contributed by atoms with Gasteiger partial charge in [-0.1, -0.05) is 0 Å². The Morgan fingerprint density at radius 2 is 2.53 bits per heavy atom. The minimum atomic E-state index is -0.149. The molecule has 0 aromatic carbocycles. The molecule has 19 heavy (non-hydrogen) atoms. The van der Waals surface area contributed by atoms with Crippen molar-refractivity contribution in [3.8, 4) is 0 Å². The van der Waals surface area contributed by atoms with Gasteiger partial charge in [0.25, 0.3) is 0 Å². The Kier molecular flexibility index (Phi) is 5.23. The average molecular weight is 265 g/mol. The van der Waals surface area contributed by atoms with Crippen molar-refractivity contribution in [2.24, 2.45) is 0 Å². The highest BCUT2D eigenvalue weighted by Crippen LogP contribution is 2.22. The van der Waals surface area contributed by atoms with Crippen LogP contribution >= 0.6 is 0 Å². The molecule has 0 saturated carbocycles. The van der Waals surface area contributed by atoms with Crippen LogP contribution in [0, 0.1) is 0 Å². The summed E-state index contributed by atoms with van der Waals surface area (Å²) in [5.41, 5.74) is 0.806. The summed E-state index contributed by atoms with van der Waals surface area (Å²) >= 11 is 0. The van der Waals surface area contributed by atoms with Gasteiger partial charge in [-0.05, 0) is 18.9 Å². The van der Waals surface area contributed by atoms with Gasteiger partial charge >= 0.3 is 0 Å². The molecule has 1 amide bonds. The number of nitrogens with zero attached hydrogens (tertiary/aromatic N) is 2. The highest BCUT2D eigenvalue weighted by Gasteiger charge is 2.18. The van der Waals surface area contributed by atoms with Crippen LogP contribution in [0.3, 0.4) is 0 Å². The third kappa shape index (κ3) is 4.25. The van der Waals surface area contributed by atoms with Crippen molar-refractivity contribution in [3.63, 3.8) is 0 Å². The SMILES string of the molecule is COCC(=O)NCc1ccnc([C@@H]2CCCOC2)n1. The Hall–Kier alpha value is -1.53. The summed E-state index contributed by atoms with van der Waals surface area (Å²) in [6.45, 7) is 1.96. The lowest BCUT2D eigenvalue weighted by Gasteiger charge is -2.20. The molecule has 1 aliphatic heterocycles. The molecular formula is C13H19N3O3. The summed E-state index contributed by atoms with van der Waals surface area (Å²) in [4.78, 5) is 20.1. The molecule has 2 heterocycles. The number of carbonyl (C=O) groups excluding carboxylic acids is 1. The van der Waals surface area contributed by atoms with Crippen LogP contribution in [0.2, 0.25) is 0 Å². The van der Waals surface area contributed by atoms with Crippen LogP contribution in [0.1, 0.15) is 30.3 Å². The first kappa shape index (κ1) is 13.9. The maximum atomic E-state index is 11.3. The highest BCUT2D eigenvalue weighted by atomic mass is 16.5. The van der Waals surface area contributed by atoms with Crippen LogP contribution in [0.5, 0.6) is 0 Å². The van der Waals surface area contributed by atoms with E-state index in [2.05, 4.69) is 15.3 Å². The van der Waals surface area contributed by atoms with E-state index in [1.54, 1.807) is 12.3 Å². The van der Waals surface area contributed by atoms with Gasteiger partial charge in [0.1, 0.15) is 12.4 Å². The second-order valence-corrected chi connectivity index (χ2v) is 4.53. The minimum Gasteiger partial charge on any atom is -0.381 e. The molecule has 0 bridgehead atoms. The van der Waals surface area contributed by atoms with Crippen molar-refractivity contribution in [2.75, 3.05) is 26.9 Å². The Balaban J connectivity index is 1.92. The second kappa shape index (κ2) is 7.16. The van der Waals surface area contributed by atoms with Gasteiger partial charge in [-0.25, -0.2) is 9.97 Å². The molecule has 6 nitrogen and oxygen atoms in total. The first-order chi connectivity index (χ1) is 9.29. The smallest absolute Gasteiger partial charge is 0.246 e. The summed E-state index contributed by atoms with van der Waals surface area (Å²) in [5, 5.41) is 2.74. The number of methoxy groups -OCH3 is 1. The average Bonchev–Trinajstić information content (AvgIpc) is 2.47. The van der Waals surface area contributed by atoms with Crippen molar-refractivity contribution in [3.05, 3.63) is 23.8 Å². The predicted octanol–water partition coefficient (Wildman–Crippen LogP) is 0.633. The highest BCUT2D eigenvalue weighted by molar-refractivity contribution is 5.77. The van der Waals surface area contributed by atoms with Crippen molar-refractivity contribution in [1.29, 1.82) is 0 Å². The Labute approximate surface area is 112 Å². The van der Waals surface area contributed by atoms with Gasteiger partial charge in [-0.2, -0.15) is 0 Å². The van der Waals surface area contributed by atoms with Crippen molar-refractivity contribution < 1.29 is 14.3 Å². The van der Waals surface area contributed by atoms with Crippen molar-refractivity contribution >= 4 is 5.91 Å². The summed E-state index contributed by atoms with van der Waals surface area (Å²) in [5.74, 6) is 0.922. The van der Waals surface area contributed by atoms with Gasteiger partial charge in [0.05, 0.1) is 18.8 Å². The summed E-state index contributed by atoms with van der Waals surface area (Å²) in [6, 6.07) is 1.81. The van der Waals surface area contributed by atoms with Gasteiger partial charge in [0, 0.05) is 25.8 Å². The number of hydrogen-bond donors (Lipinski definition) is 1. The van der Waals surface area contributed by atoms with E-state index >= 15 is 0 Å². The largest absolute Gasteiger partial charge is 0.381 e. The molecule has 6 heteroatoms. The van der Waals surface area contributed by atoms with E-state index in [1.165, 1.54) is 7.11 Å². The van der Waals surface area contributed by atoms with Crippen LogP contribution in [-0.4, -0.2) is 42.8 Å². The van der Waals surface area contributed by atoms with E-state index in [0.717, 1.165) is 31.0 Å². The molecular weight excluding hydrogens is 246 g/mol. The summed E-state index contributed by atoms with van der Waals surface area (Å²) < 4.78 is 10.2. The van der Waals surface area contributed by atoms with Crippen LogP contribution in [0.25, 0.3) is 0 Å². The number of carbonyl (C=O) groups is 1. The number of aromatic nitrogens is 2. The molecule has 104 valence electrons. The van der Waals surface area contributed by atoms with Gasteiger partial charge in [-0.3, -0.25) is 4.79 Å². The molecule has 0 aliphatic carbocycles. The Morgan fingerprint density at radius 3 is 3.26 bits per heavy atom. The lowest BCUT2D eigenvalue weighted by Crippen LogP contribution is -2.27. The first-order valence-electron chi connectivity index (χ1n) is 6.45. The topological polar surface area (TPSA) is 73.3 Å². The van der Waals surface area contributed by atoms with Crippen LogP contribution < -0.4 is 5.32 Å². The molecule has 1 aromatic rings. The number of hydrogen-bond acceptors (Lipinski definition) is 5. The molecule has 1 aromatic heterocycles. The fourth-order valence-corrected chi connectivity index (χ4v) is 2.02. The van der Waals surface area contributed by atoms with E-state index in [1.807, 2.05) is 0 Å². The van der Waals surface area contributed by atoms with E-state index in [-0.39, 0.29) is 18.4 Å². The van der Waals surface area contributed by atoms with Crippen molar-refractivity contribution in [1.82, 2.24) is 15.3 Å².